The van der Waals surface area contributed by atoms with Gasteiger partial charge in [-0.3, -0.25) is 9.59 Å². The zero-order valence-corrected chi connectivity index (χ0v) is 13.7. The molecule has 21 heavy (non-hydrogen) atoms. The predicted octanol–water partition coefficient (Wildman–Crippen LogP) is 1.74. The third-order valence-electron chi connectivity index (χ3n) is 2.67. The smallest absolute Gasteiger partial charge is 0.287 e. The molecule has 1 rings (SSSR count). The topological polar surface area (TPSA) is 76.0 Å². The Morgan fingerprint density at radius 2 is 2.00 bits per heavy atom. The first-order valence-electron chi connectivity index (χ1n) is 7.07. The highest BCUT2D eigenvalue weighted by atomic mass is 35.5. The fourth-order valence-corrected chi connectivity index (χ4v) is 1.83. The molecule has 0 radical (unpaired) electrons. The van der Waals surface area contributed by atoms with Gasteiger partial charge in [-0.2, -0.15) is 5.10 Å². The van der Waals surface area contributed by atoms with Gasteiger partial charge in [-0.1, -0.05) is 39.3 Å². The molecule has 7 heteroatoms. The Bertz CT molecular complexity index is 540. The summed E-state index contributed by atoms with van der Waals surface area (Å²) < 4.78 is 1.33. The minimum absolute atomic E-state index is 0.0573. The summed E-state index contributed by atoms with van der Waals surface area (Å²) in [6.07, 6.45) is 1.47. The first kappa shape index (κ1) is 17.5. The third-order valence-corrected chi connectivity index (χ3v) is 3.04. The van der Waals surface area contributed by atoms with Gasteiger partial charge in [0.25, 0.3) is 5.56 Å². The van der Waals surface area contributed by atoms with Crippen LogP contribution < -0.4 is 16.2 Å². The quantitative estimate of drug-likeness (QED) is 0.803. The molecule has 1 heterocycles. The Kier molecular flexibility index (Phi) is 6.68. The Morgan fingerprint density at radius 1 is 1.33 bits per heavy atom. The van der Waals surface area contributed by atoms with E-state index in [0.717, 1.165) is 0 Å². The summed E-state index contributed by atoms with van der Waals surface area (Å²) >= 11 is 6.03. The monoisotopic (exact) mass is 314 g/mol. The molecular formula is C14H23ClN4O2. The number of nitrogens with zero attached hydrogens (tertiary/aromatic N) is 2. The lowest BCUT2D eigenvalue weighted by atomic mass is 10.2. The van der Waals surface area contributed by atoms with Crippen LogP contribution >= 0.6 is 11.6 Å². The van der Waals surface area contributed by atoms with Gasteiger partial charge >= 0.3 is 0 Å². The number of carbonyl (C=O) groups excluding carboxylic acids is 1. The first-order chi connectivity index (χ1) is 9.81. The van der Waals surface area contributed by atoms with Gasteiger partial charge < -0.3 is 10.6 Å². The summed E-state index contributed by atoms with van der Waals surface area (Å²) in [5.41, 5.74) is 0.0272. The molecule has 0 unspecified atom stereocenters. The highest BCUT2D eigenvalue weighted by Crippen LogP contribution is 2.15. The van der Waals surface area contributed by atoms with Gasteiger partial charge in [-0.15, -0.1) is 0 Å². The van der Waals surface area contributed by atoms with Crippen LogP contribution in [0.4, 0.5) is 5.69 Å². The number of hydrogen-bond donors (Lipinski definition) is 2. The number of halogens is 1. The number of carbonyl (C=O) groups is 1. The number of rotatable bonds is 7. The molecule has 2 N–H and O–H groups in total. The number of aromatic nitrogens is 2. The molecule has 0 atom stereocenters. The summed E-state index contributed by atoms with van der Waals surface area (Å²) in [5.74, 6) is 0.539. The van der Waals surface area contributed by atoms with Gasteiger partial charge in [0, 0.05) is 13.1 Å². The van der Waals surface area contributed by atoms with E-state index in [1.807, 2.05) is 27.7 Å². The standard InChI is InChI=1S/C14H23ClN4O2/c1-9(2)5-17-12(20)7-16-11-6-18-19(8-10(3)4)14(21)13(11)15/h6,9-10,16H,5,7-8H2,1-4H3,(H,17,20). The molecule has 0 saturated heterocycles. The Balaban J connectivity index is 2.66. The van der Waals surface area contributed by atoms with E-state index < -0.39 is 0 Å². The van der Waals surface area contributed by atoms with Crippen molar-refractivity contribution in [3.8, 4) is 0 Å². The van der Waals surface area contributed by atoms with Crippen LogP contribution in [0.15, 0.2) is 11.0 Å². The third kappa shape index (κ3) is 5.75. The Labute approximate surface area is 129 Å². The van der Waals surface area contributed by atoms with E-state index >= 15 is 0 Å². The zero-order valence-electron chi connectivity index (χ0n) is 12.9. The molecule has 0 aromatic carbocycles. The zero-order chi connectivity index (χ0) is 16.0. The summed E-state index contributed by atoms with van der Waals surface area (Å²) in [6, 6.07) is 0. The van der Waals surface area contributed by atoms with Gasteiger partial charge in [0.1, 0.15) is 5.02 Å². The van der Waals surface area contributed by atoms with Crippen molar-refractivity contribution in [1.82, 2.24) is 15.1 Å². The average molecular weight is 315 g/mol. The highest BCUT2D eigenvalue weighted by Gasteiger charge is 2.11. The van der Waals surface area contributed by atoms with Crippen LogP contribution in [0, 0.1) is 11.8 Å². The number of amides is 1. The summed E-state index contributed by atoms with van der Waals surface area (Å²) in [4.78, 5) is 23.6. The number of anilines is 1. The van der Waals surface area contributed by atoms with E-state index in [9.17, 15) is 9.59 Å². The Morgan fingerprint density at radius 3 is 2.57 bits per heavy atom. The van der Waals surface area contributed by atoms with Crippen LogP contribution in [0.25, 0.3) is 0 Å². The average Bonchev–Trinajstić information content (AvgIpc) is 2.40. The Hall–Kier alpha value is -1.56. The maximum atomic E-state index is 12.0. The summed E-state index contributed by atoms with van der Waals surface area (Å²) in [7, 11) is 0. The molecule has 1 aromatic heterocycles. The van der Waals surface area contributed by atoms with E-state index in [1.165, 1.54) is 10.9 Å². The lowest BCUT2D eigenvalue weighted by Gasteiger charge is -2.12. The molecule has 6 nitrogen and oxygen atoms in total. The van der Waals surface area contributed by atoms with E-state index in [-0.39, 0.29) is 23.0 Å². The molecule has 118 valence electrons. The largest absolute Gasteiger partial charge is 0.373 e. The minimum Gasteiger partial charge on any atom is -0.373 e. The maximum absolute atomic E-state index is 12.0. The molecule has 0 aliphatic carbocycles. The fourth-order valence-electron chi connectivity index (χ4n) is 1.62. The van der Waals surface area contributed by atoms with E-state index in [4.69, 9.17) is 11.6 Å². The van der Waals surface area contributed by atoms with E-state index in [2.05, 4.69) is 15.7 Å². The minimum atomic E-state index is -0.349. The van der Waals surface area contributed by atoms with Gasteiger partial charge in [0.2, 0.25) is 5.91 Å². The lowest BCUT2D eigenvalue weighted by molar-refractivity contribution is -0.119. The maximum Gasteiger partial charge on any atom is 0.287 e. The molecule has 0 aliphatic rings. The van der Waals surface area contributed by atoms with Gasteiger partial charge in [-0.05, 0) is 11.8 Å². The van der Waals surface area contributed by atoms with Crippen LogP contribution in [0.3, 0.4) is 0 Å². The van der Waals surface area contributed by atoms with Gasteiger partial charge in [-0.25, -0.2) is 4.68 Å². The number of hydrogen-bond acceptors (Lipinski definition) is 4. The molecule has 0 bridgehead atoms. The van der Waals surface area contributed by atoms with Gasteiger partial charge in [0.15, 0.2) is 0 Å². The van der Waals surface area contributed by atoms with E-state index in [1.54, 1.807) is 0 Å². The highest BCUT2D eigenvalue weighted by molar-refractivity contribution is 6.33. The lowest BCUT2D eigenvalue weighted by Crippen LogP contribution is -2.33. The second-order valence-electron chi connectivity index (χ2n) is 5.80. The summed E-state index contributed by atoms with van der Waals surface area (Å²) in [6.45, 7) is 9.20. The van der Waals surface area contributed by atoms with Crippen molar-refractivity contribution in [3.05, 3.63) is 21.6 Å². The van der Waals surface area contributed by atoms with Crippen molar-refractivity contribution in [3.63, 3.8) is 0 Å². The van der Waals surface area contributed by atoms with Crippen LogP contribution in [0.2, 0.25) is 5.02 Å². The fraction of sp³-hybridized carbons (Fsp3) is 0.643. The molecule has 0 aliphatic heterocycles. The molecule has 0 saturated carbocycles. The normalized spacial score (nSPS) is 11.0. The van der Waals surface area contributed by atoms with E-state index in [0.29, 0.717) is 30.6 Å². The van der Waals surface area contributed by atoms with Crippen molar-refractivity contribution in [2.45, 2.75) is 34.2 Å². The molecule has 1 aromatic rings. The van der Waals surface area contributed by atoms with Crippen molar-refractivity contribution >= 4 is 23.2 Å². The second-order valence-corrected chi connectivity index (χ2v) is 6.18. The van der Waals surface area contributed by atoms with Gasteiger partial charge in [0.05, 0.1) is 18.4 Å². The van der Waals surface area contributed by atoms with Crippen LogP contribution in [-0.4, -0.2) is 28.8 Å². The van der Waals surface area contributed by atoms with Crippen molar-refractivity contribution in [2.75, 3.05) is 18.4 Å². The SMILES string of the molecule is CC(C)CNC(=O)CNc1cnn(CC(C)C)c(=O)c1Cl. The van der Waals surface area contributed by atoms with Crippen molar-refractivity contribution in [1.29, 1.82) is 0 Å². The van der Waals surface area contributed by atoms with Crippen molar-refractivity contribution < 1.29 is 4.79 Å². The second kappa shape index (κ2) is 8.02. The molecule has 0 spiro atoms. The number of nitrogens with one attached hydrogen (secondary N) is 2. The van der Waals surface area contributed by atoms with Crippen LogP contribution in [0.1, 0.15) is 27.7 Å². The predicted molar refractivity (Wildman–Crippen MR) is 84.7 cm³/mol. The molecule has 0 fully saturated rings. The van der Waals surface area contributed by atoms with Crippen LogP contribution in [0.5, 0.6) is 0 Å². The van der Waals surface area contributed by atoms with Crippen LogP contribution in [-0.2, 0) is 11.3 Å². The first-order valence-corrected chi connectivity index (χ1v) is 7.45. The van der Waals surface area contributed by atoms with Crippen molar-refractivity contribution in [2.24, 2.45) is 11.8 Å². The molecule has 1 amide bonds. The summed E-state index contributed by atoms with van der Waals surface area (Å²) in [5, 5.41) is 9.73. The molecular weight excluding hydrogens is 292 g/mol.